The largest absolute Gasteiger partial charge is 0.380 e. The van der Waals surface area contributed by atoms with Crippen molar-refractivity contribution in [2.75, 3.05) is 5.73 Å². The number of carbonyl (C=O) groups is 1. The molecule has 6 heteroatoms. The maximum absolute atomic E-state index is 11.1. The van der Waals surface area contributed by atoms with Crippen LogP contribution in [-0.2, 0) is 0 Å². The number of hydrogen-bond acceptors (Lipinski definition) is 5. The summed E-state index contributed by atoms with van der Waals surface area (Å²) < 4.78 is 1.19. The van der Waals surface area contributed by atoms with E-state index in [1.165, 1.54) is 24.1 Å². The van der Waals surface area contributed by atoms with Gasteiger partial charge in [-0.2, -0.15) is 4.68 Å². The third-order valence-electron chi connectivity index (χ3n) is 1.67. The zero-order valence-electron chi connectivity index (χ0n) is 6.93. The Morgan fingerprint density at radius 2 is 2.38 bits per heavy atom. The van der Waals surface area contributed by atoms with Crippen LogP contribution in [0.25, 0.3) is 11.0 Å². The van der Waals surface area contributed by atoms with Crippen LogP contribution in [0, 0.1) is 0 Å². The summed E-state index contributed by atoms with van der Waals surface area (Å²) in [5.41, 5.74) is 6.58. The van der Waals surface area contributed by atoms with Crippen molar-refractivity contribution >= 4 is 22.8 Å². The van der Waals surface area contributed by atoms with E-state index in [2.05, 4.69) is 15.1 Å². The Balaban J connectivity index is 2.85. The average molecular weight is 177 g/mol. The minimum atomic E-state index is -0.212. The molecule has 0 aliphatic heterocycles. The van der Waals surface area contributed by atoms with Gasteiger partial charge in [-0.1, -0.05) is 0 Å². The van der Waals surface area contributed by atoms with Crippen molar-refractivity contribution in [2.24, 2.45) is 0 Å². The SMILES string of the molecule is CC(=O)n1nc(N)c2ncncc21. The predicted octanol–water partition coefficient (Wildman–Crippen LogP) is 0.0686. The van der Waals surface area contributed by atoms with Crippen LogP contribution in [0.4, 0.5) is 5.82 Å². The van der Waals surface area contributed by atoms with E-state index in [1.54, 1.807) is 0 Å². The van der Waals surface area contributed by atoms with Gasteiger partial charge in [0.1, 0.15) is 17.4 Å². The van der Waals surface area contributed by atoms with Gasteiger partial charge in [0.25, 0.3) is 0 Å². The van der Waals surface area contributed by atoms with Crippen LogP contribution in [0.3, 0.4) is 0 Å². The Bertz CT molecular complexity index is 475. The molecule has 2 heterocycles. The molecule has 0 saturated heterocycles. The van der Waals surface area contributed by atoms with Gasteiger partial charge in [0.2, 0.25) is 5.91 Å². The number of aromatic nitrogens is 4. The lowest BCUT2D eigenvalue weighted by atomic mass is 10.4. The first kappa shape index (κ1) is 7.66. The van der Waals surface area contributed by atoms with E-state index in [0.717, 1.165) is 0 Å². The fourth-order valence-electron chi connectivity index (χ4n) is 1.12. The quantitative estimate of drug-likeness (QED) is 0.615. The van der Waals surface area contributed by atoms with Crippen molar-refractivity contribution in [3.8, 4) is 0 Å². The molecule has 2 rings (SSSR count). The number of nitrogens with two attached hydrogens (primary N) is 1. The molecule has 0 unspecified atom stereocenters. The lowest BCUT2D eigenvalue weighted by molar-refractivity contribution is 0.0927. The second-order valence-electron chi connectivity index (χ2n) is 2.57. The monoisotopic (exact) mass is 177 g/mol. The molecule has 0 amide bonds. The number of nitrogens with zero attached hydrogens (tertiary/aromatic N) is 4. The number of nitrogen functional groups attached to an aromatic ring is 1. The Morgan fingerprint density at radius 3 is 3.08 bits per heavy atom. The third kappa shape index (κ3) is 1.03. The van der Waals surface area contributed by atoms with Crippen LogP contribution < -0.4 is 5.73 Å². The number of fused-ring (bicyclic) bond motifs is 1. The summed E-state index contributed by atoms with van der Waals surface area (Å²) in [4.78, 5) is 18.8. The Hall–Kier alpha value is -1.98. The van der Waals surface area contributed by atoms with E-state index in [4.69, 9.17) is 5.73 Å². The molecule has 6 nitrogen and oxygen atoms in total. The molecule has 0 radical (unpaired) electrons. The molecule has 0 atom stereocenters. The number of hydrogen-bond donors (Lipinski definition) is 1. The van der Waals surface area contributed by atoms with Crippen LogP contribution in [0.15, 0.2) is 12.5 Å². The highest BCUT2D eigenvalue weighted by molar-refractivity contribution is 5.92. The Labute approximate surface area is 73.4 Å². The second kappa shape index (κ2) is 2.51. The van der Waals surface area contributed by atoms with Crippen LogP contribution in [0.1, 0.15) is 11.7 Å². The molecule has 0 aliphatic rings. The zero-order chi connectivity index (χ0) is 9.42. The highest BCUT2D eigenvalue weighted by atomic mass is 16.2. The van der Waals surface area contributed by atoms with Gasteiger partial charge < -0.3 is 5.73 Å². The number of rotatable bonds is 0. The molecule has 0 spiro atoms. The predicted molar refractivity (Wildman–Crippen MR) is 46.0 cm³/mol. The van der Waals surface area contributed by atoms with Gasteiger partial charge in [0.05, 0.1) is 6.20 Å². The van der Waals surface area contributed by atoms with E-state index >= 15 is 0 Å². The van der Waals surface area contributed by atoms with Gasteiger partial charge in [-0.3, -0.25) is 4.79 Å². The summed E-state index contributed by atoms with van der Waals surface area (Å²) in [6, 6.07) is 0. The molecule has 2 N–H and O–H groups in total. The van der Waals surface area contributed by atoms with Gasteiger partial charge in [-0.05, 0) is 0 Å². The minimum Gasteiger partial charge on any atom is -0.380 e. The third-order valence-corrected chi connectivity index (χ3v) is 1.67. The molecule has 2 aromatic heterocycles. The zero-order valence-corrected chi connectivity index (χ0v) is 6.93. The van der Waals surface area contributed by atoms with Gasteiger partial charge in [-0.25, -0.2) is 9.97 Å². The maximum atomic E-state index is 11.1. The summed E-state index contributed by atoms with van der Waals surface area (Å²) in [5.74, 6) is 0.0316. The van der Waals surface area contributed by atoms with Crippen molar-refractivity contribution in [1.82, 2.24) is 19.7 Å². The molecule has 0 saturated carbocycles. The lowest BCUT2D eigenvalue weighted by Gasteiger charge is -1.93. The fourth-order valence-corrected chi connectivity index (χ4v) is 1.12. The molecule has 13 heavy (non-hydrogen) atoms. The second-order valence-corrected chi connectivity index (χ2v) is 2.57. The van der Waals surface area contributed by atoms with Crippen LogP contribution in [0.2, 0.25) is 0 Å². The van der Waals surface area contributed by atoms with Crippen LogP contribution >= 0.6 is 0 Å². The van der Waals surface area contributed by atoms with E-state index in [-0.39, 0.29) is 11.7 Å². The molecular formula is C7H7N5O. The van der Waals surface area contributed by atoms with E-state index in [0.29, 0.717) is 11.0 Å². The van der Waals surface area contributed by atoms with Gasteiger partial charge in [-0.15, -0.1) is 5.10 Å². The molecule has 0 aliphatic carbocycles. The summed E-state index contributed by atoms with van der Waals surface area (Å²) in [7, 11) is 0. The molecular weight excluding hydrogens is 170 g/mol. The van der Waals surface area contributed by atoms with Crippen molar-refractivity contribution < 1.29 is 4.79 Å². The van der Waals surface area contributed by atoms with Crippen molar-refractivity contribution in [2.45, 2.75) is 6.92 Å². The molecule has 2 aromatic rings. The van der Waals surface area contributed by atoms with E-state index < -0.39 is 0 Å². The standard InChI is InChI=1S/C7H7N5O/c1-4(13)12-5-2-9-3-10-6(5)7(8)11-12/h2-3H,1H3,(H2,8,11). The topological polar surface area (TPSA) is 86.7 Å². The normalized spacial score (nSPS) is 10.5. The number of carbonyl (C=O) groups excluding carboxylic acids is 1. The highest BCUT2D eigenvalue weighted by Crippen LogP contribution is 2.15. The number of anilines is 1. The lowest BCUT2D eigenvalue weighted by Crippen LogP contribution is -2.07. The summed E-state index contributed by atoms with van der Waals surface area (Å²) in [6.07, 6.45) is 2.87. The average Bonchev–Trinajstić information content (AvgIpc) is 2.45. The first-order valence-electron chi connectivity index (χ1n) is 3.65. The molecule has 0 bridgehead atoms. The Kier molecular flexibility index (Phi) is 1.48. The first-order valence-corrected chi connectivity index (χ1v) is 3.65. The molecule has 66 valence electrons. The van der Waals surface area contributed by atoms with E-state index in [9.17, 15) is 4.79 Å². The molecule has 0 aromatic carbocycles. The first-order chi connectivity index (χ1) is 6.20. The van der Waals surface area contributed by atoms with Crippen molar-refractivity contribution in [3.05, 3.63) is 12.5 Å². The van der Waals surface area contributed by atoms with Gasteiger partial charge in [0, 0.05) is 6.92 Å². The van der Waals surface area contributed by atoms with Crippen molar-refractivity contribution in [1.29, 1.82) is 0 Å². The minimum absolute atomic E-state index is 0.212. The smallest absolute Gasteiger partial charge is 0.244 e. The fraction of sp³-hybridized carbons (Fsp3) is 0.143. The molecule has 0 fully saturated rings. The van der Waals surface area contributed by atoms with Crippen LogP contribution in [0.5, 0.6) is 0 Å². The van der Waals surface area contributed by atoms with Crippen LogP contribution in [-0.4, -0.2) is 25.7 Å². The maximum Gasteiger partial charge on any atom is 0.244 e. The van der Waals surface area contributed by atoms with E-state index in [1.807, 2.05) is 0 Å². The summed E-state index contributed by atoms with van der Waals surface area (Å²) >= 11 is 0. The van der Waals surface area contributed by atoms with Gasteiger partial charge in [0.15, 0.2) is 5.82 Å². The van der Waals surface area contributed by atoms with Crippen molar-refractivity contribution in [3.63, 3.8) is 0 Å². The Morgan fingerprint density at radius 1 is 1.62 bits per heavy atom. The highest BCUT2D eigenvalue weighted by Gasteiger charge is 2.10. The van der Waals surface area contributed by atoms with Gasteiger partial charge >= 0.3 is 0 Å². The summed E-state index contributed by atoms with van der Waals surface area (Å²) in [6.45, 7) is 1.40. The summed E-state index contributed by atoms with van der Waals surface area (Å²) in [5, 5.41) is 3.83.